The largest absolute Gasteiger partial charge is 0.337 e. The van der Waals surface area contributed by atoms with Gasteiger partial charge in [0.25, 0.3) is 11.8 Å². The van der Waals surface area contributed by atoms with Crippen molar-refractivity contribution in [3.05, 3.63) is 71.4 Å². The summed E-state index contributed by atoms with van der Waals surface area (Å²) in [6, 6.07) is 12.1. The van der Waals surface area contributed by atoms with Gasteiger partial charge in [0.15, 0.2) is 0 Å². The molecule has 1 aliphatic rings. The molecule has 0 spiro atoms. The molecule has 2 amide bonds. The van der Waals surface area contributed by atoms with Gasteiger partial charge in [0.2, 0.25) is 11.7 Å². The van der Waals surface area contributed by atoms with Crippen LogP contribution in [0.5, 0.6) is 0 Å². The molecule has 2 aromatic carbocycles. The number of fused-ring (bicyclic) bond motifs is 1. The van der Waals surface area contributed by atoms with E-state index in [0.29, 0.717) is 23.3 Å². The molecule has 142 valence electrons. The molecular weight excluding hydrogens is 381 g/mol. The van der Waals surface area contributed by atoms with Gasteiger partial charge in [-0.25, -0.2) is 4.39 Å². The SMILES string of the molecule is CSCCC(c1nc(-c2ccccc2F)no1)N1C(=O)c2ccccc2C1=O. The summed E-state index contributed by atoms with van der Waals surface area (Å²) in [6.45, 7) is 0. The molecule has 4 rings (SSSR count). The number of thioether (sulfide) groups is 1. The predicted molar refractivity (Wildman–Crippen MR) is 102 cm³/mol. The van der Waals surface area contributed by atoms with E-state index in [1.54, 1.807) is 54.2 Å². The summed E-state index contributed by atoms with van der Waals surface area (Å²) < 4.78 is 19.4. The monoisotopic (exact) mass is 397 g/mol. The molecule has 0 fully saturated rings. The minimum atomic E-state index is -0.715. The molecule has 1 unspecified atom stereocenters. The summed E-state index contributed by atoms with van der Waals surface area (Å²) in [6.07, 6.45) is 2.38. The third kappa shape index (κ3) is 3.09. The number of rotatable bonds is 6. The maximum atomic E-state index is 14.0. The number of aromatic nitrogens is 2. The number of imide groups is 1. The van der Waals surface area contributed by atoms with E-state index in [1.807, 2.05) is 6.26 Å². The zero-order valence-corrected chi connectivity index (χ0v) is 15.8. The molecule has 0 saturated heterocycles. The van der Waals surface area contributed by atoms with Crippen LogP contribution >= 0.6 is 11.8 Å². The molecule has 1 atom stereocenters. The van der Waals surface area contributed by atoms with Crippen LogP contribution in [0.4, 0.5) is 4.39 Å². The van der Waals surface area contributed by atoms with E-state index in [-0.39, 0.29) is 17.3 Å². The van der Waals surface area contributed by atoms with Gasteiger partial charge in [-0.15, -0.1) is 0 Å². The molecule has 6 nitrogen and oxygen atoms in total. The lowest BCUT2D eigenvalue weighted by Gasteiger charge is -2.22. The Hall–Kier alpha value is -3.00. The number of hydrogen-bond donors (Lipinski definition) is 0. The highest BCUT2D eigenvalue weighted by atomic mass is 32.2. The Labute approximate surface area is 164 Å². The fraction of sp³-hybridized carbons (Fsp3) is 0.200. The van der Waals surface area contributed by atoms with Crippen LogP contribution in [0, 0.1) is 5.82 Å². The first-order valence-electron chi connectivity index (χ1n) is 8.66. The lowest BCUT2D eigenvalue weighted by Crippen LogP contribution is -2.34. The van der Waals surface area contributed by atoms with Crippen molar-refractivity contribution in [2.45, 2.75) is 12.5 Å². The number of hydrogen-bond acceptors (Lipinski definition) is 6. The van der Waals surface area contributed by atoms with E-state index in [4.69, 9.17) is 4.52 Å². The number of halogens is 1. The third-order valence-electron chi connectivity index (χ3n) is 4.57. The Morgan fingerprint density at radius 3 is 2.25 bits per heavy atom. The van der Waals surface area contributed by atoms with Crippen LogP contribution in [0.2, 0.25) is 0 Å². The lowest BCUT2D eigenvalue weighted by atomic mass is 10.1. The van der Waals surface area contributed by atoms with Crippen LogP contribution in [0.3, 0.4) is 0 Å². The van der Waals surface area contributed by atoms with Crippen LogP contribution < -0.4 is 0 Å². The smallest absolute Gasteiger partial charge is 0.262 e. The van der Waals surface area contributed by atoms with Gasteiger partial charge < -0.3 is 4.52 Å². The number of benzene rings is 2. The molecule has 0 saturated carbocycles. The topological polar surface area (TPSA) is 76.3 Å². The zero-order chi connectivity index (χ0) is 19.7. The highest BCUT2D eigenvalue weighted by Gasteiger charge is 2.42. The maximum Gasteiger partial charge on any atom is 0.262 e. The van der Waals surface area contributed by atoms with E-state index in [0.717, 1.165) is 0 Å². The highest BCUT2D eigenvalue weighted by Crippen LogP contribution is 2.34. The number of nitrogens with zero attached hydrogens (tertiary/aromatic N) is 3. The second-order valence-electron chi connectivity index (χ2n) is 6.26. The molecule has 8 heteroatoms. The molecule has 1 aromatic heterocycles. The Balaban J connectivity index is 1.71. The van der Waals surface area contributed by atoms with E-state index in [9.17, 15) is 14.0 Å². The van der Waals surface area contributed by atoms with Crippen molar-refractivity contribution in [2.75, 3.05) is 12.0 Å². The summed E-state index contributed by atoms with van der Waals surface area (Å²) in [5.74, 6) is -0.387. The Morgan fingerprint density at radius 2 is 1.64 bits per heavy atom. The van der Waals surface area contributed by atoms with Gasteiger partial charge in [0.1, 0.15) is 11.9 Å². The van der Waals surface area contributed by atoms with Crippen LogP contribution in [0.1, 0.15) is 39.1 Å². The number of amides is 2. The van der Waals surface area contributed by atoms with Crippen molar-refractivity contribution in [1.29, 1.82) is 0 Å². The number of carbonyl (C=O) groups is 2. The molecule has 0 N–H and O–H groups in total. The lowest BCUT2D eigenvalue weighted by molar-refractivity contribution is 0.0548. The van der Waals surface area contributed by atoms with E-state index < -0.39 is 23.7 Å². The molecule has 0 aliphatic carbocycles. The van der Waals surface area contributed by atoms with Crippen molar-refractivity contribution >= 4 is 23.6 Å². The van der Waals surface area contributed by atoms with Crippen LogP contribution in [0.15, 0.2) is 53.1 Å². The summed E-state index contributed by atoms with van der Waals surface area (Å²) in [5.41, 5.74) is 0.912. The first-order chi connectivity index (χ1) is 13.6. The average Bonchev–Trinajstić information content (AvgIpc) is 3.28. The Bertz CT molecular complexity index is 1020. The van der Waals surface area contributed by atoms with E-state index in [1.165, 1.54) is 11.0 Å². The van der Waals surface area contributed by atoms with Gasteiger partial charge in [-0.3, -0.25) is 14.5 Å². The van der Waals surface area contributed by atoms with Crippen molar-refractivity contribution in [3.63, 3.8) is 0 Å². The molecule has 28 heavy (non-hydrogen) atoms. The van der Waals surface area contributed by atoms with Gasteiger partial charge >= 0.3 is 0 Å². The van der Waals surface area contributed by atoms with Crippen LogP contribution in [-0.4, -0.2) is 38.9 Å². The summed E-state index contributed by atoms with van der Waals surface area (Å²) in [4.78, 5) is 31.2. The van der Waals surface area contributed by atoms with E-state index >= 15 is 0 Å². The van der Waals surface area contributed by atoms with Crippen LogP contribution in [-0.2, 0) is 0 Å². The quantitative estimate of drug-likeness (QED) is 0.586. The molecule has 0 radical (unpaired) electrons. The second-order valence-corrected chi connectivity index (χ2v) is 7.24. The molecule has 1 aliphatic heterocycles. The van der Waals surface area contributed by atoms with Crippen LogP contribution in [0.25, 0.3) is 11.4 Å². The third-order valence-corrected chi connectivity index (χ3v) is 5.22. The zero-order valence-electron chi connectivity index (χ0n) is 15.0. The minimum absolute atomic E-state index is 0.0823. The molecule has 2 heterocycles. The molecule has 0 bridgehead atoms. The van der Waals surface area contributed by atoms with Crippen molar-refractivity contribution in [1.82, 2.24) is 15.0 Å². The van der Waals surface area contributed by atoms with E-state index in [2.05, 4.69) is 10.1 Å². The van der Waals surface area contributed by atoms with Crippen molar-refractivity contribution in [2.24, 2.45) is 0 Å². The standard InChI is InChI=1S/C20H16FN3O3S/c1-28-11-10-16(24-19(25)12-6-2-3-7-13(12)20(24)26)18-22-17(23-27-18)14-8-4-5-9-15(14)21/h2-9,16H,10-11H2,1H3. The Morgan fingerprint density at radius 1 is 1.04 bits per heavy atom. The normalized spacial score (nSPS) is 14.4. The second kappa shape index (κ2) is 7.55. The van der Waals surface area contributed by atoms with Crippen molar-refractivity contribution < 1.29 is 18.5 Å². The first kappa shape index (κ1) is 18.4. The van der Waals surface area contributed by atoms with Gasteiger partial charge in [-0.05, 0) is 42.7 Å². The fourth-order valence-corrected chi connectivity index (χ4v) is 3.66. The predicted octanol–water partition coefficient (Wildman–Crippen LogP) is 3.97. The summed E-state index contributed by atoms with van der Waals surface area (Å²) in [7, 11) is 0. The first-order valence-corrected chi connectivity index (χ1v) is 10.1. The summed E-state index contributed by atoms with van der Waals surface area (Å²) >= 11 is 1.58. The van der Waals surface area contributed by atoms with Gasteiger partial charge in [-0.1, -0.05) is 29.4 Å². The van der Waals surface area contributed by atoms with Gasteiger partial charge in [0.05, 0.1) is 16.7 Å². The summed E-state index contributed by atoms with van der Waals surface area (Å²) in [5, 5.41) is 3.86. The van der Waals surface area contributed by atoms with Gasteiger partial charge in [0, 0.05) is 0 Å². The number of carbonyl (C=O) groups excluding carboxylic acids is 2. The molecule has 3 aromatic rings. The fourth-order valence-electron chi connectivity index (χ4n) is 3.21. The Kier molecular flexibility index (Phi) is 4.95. The van der Waals surface area contributed by atoms with Gasteiger partial charge in [-0.2, -0.15) is 16.7 Å². The highest BCUT2D eigenvalue weighted by molar-refractivity contribution is 7.98. The minimum Gasteiger partial charge on any atom is -0.337 e. The van der Waals surface area contributed by atoms with Crippen molar-refractivity contribution in [3.8, 4) is 11.4 Å². The molecular formula is C20H16FN3O3S. The maximum absolute atomic E-state index is 14.0. The average molecular weight is 397 g/mol.